The highest BCUT2D eigenvalue weighted by atomic mass is 32.1. The van der Waals surface area contributed by atoms with Crippen molar-refractivity contribution in [3.05, 3.63) is 71.2 Å². The third kappa shape index (κ3) is 3.83. The SMILES string of the molecule is O=C(Nc1ccc([C@@H]2CNCCO2)cc1)c1csc(-c2ccccc2)n1. The van der Waals surface area contributed by atoms with Crippen LogP contribution in [0.5, 0.6) is 0 Å². The molecule has 0 unspecified atom stereocenters. The maximum absolute atomic E-state index is 12.4. The molecule has 1 aliphatic rings. The van der Waals surface area contributed by atoms with Gasteiger partial charge in [-0.15, -0.1) is 11.3 Å². The van der Waals surface area contributed by atoms with E-state index in [2.05, 4.69) is 15.6 Å². The molecule has 0 aliphatic carbocycles. The van der Waals surface area contributed by atoms with Crippen LogP contribution < -0.4 is 10.6 Å². The van der Waals surface area contributed by atoms with Gasteiger partial charge in [0.1, 0.15) is 10.7 Å². The van der Waals surface area contributed by atoms with Crippen molar-refractivity contribution in [2.45, 2.75) is 6.10 Å². The fourth-order valence-electron chi connectivity index (χ4n) is 2.85. The van der Waals surface area contributed by atoms with Crippen LogP contribution in [-0.2, 0) is 4.74 Å². The fraction of sp³-hybridized carbons (Fsp3) is 0.200. The molecular weight excluding hydrogens is 346 g/mol. The van der Waals surface area contributed by atoms with E-state index in [1.54, 1.807) is 5.38 Å². The molecular formula is C20H19N3O2S. The smallest absolute Gasteiger partial charge is 0.275 e. The van der Waals surface area contributed by atoms with Crippen molar-refractivity contribution in [2.75, 3.05) is 25.0 Å². The highest BCUT2D eigenvalue weighted by Crippen LogP contribution is 2.24. The third-order valence-corrected chi connectivity index (χ3v) is 5.12. The topological polar surface area (TPSA) is 63.2 Å². The van der Waals surface area contributed by atoms with E-state index in [9.17, 15) is 4.79 Å². The quantitative estimate of drug-likeness (QED) is 0.740. The lowest BCUT2D eigenvalue weighted by Gasteiger charge is -2.24. The molecule has 2 N–H and O–H groups in total. The van der Waals surface area contributed by atoms with E-state index in [0.717, 1.165) is 41.5 Å². The number of anilines is 1. The Kier molecular flexibility index (Phi) is 5.06. The summed E-state index contributed by atoms with van der Waals surface area (Å²) in [5, 5.41) is 8.84. The van der Waals surface area contributed by atoms with Gasteiger partial charge in [0.25, 0.3) is 5.91 Å². The normalized spacial score (nSPS) is 17.0. The molecule has 4 rings (SSSR count). The number of hydrogen-bond acceptors (Lipinski definition) is 5. The molecule has 1 fully saturated rings. The van der Waals surface area contributed by atoms with Gasteiger partial charge >= 0.3 is 0 Å². The first kappa shape index (κ1) is 16.9. The maximum Gasteiger partial charge on any atom is 0.275 e. The Morgan fingerprint density at radius 2 is 1.96 bits per heavy atom. The average molecular weight is 365 g/mol. The van der Waals surface area contributed by atoms with E-state index < -0.39 is 0 Å². The lowest BCUT2D eigenvalue weighted by atomic mass is 10.1. The Morgan fingerprint density at radius 3 is 2.69 bits per heavy atom. The standard InChI is InChI=1S/C20H19N3O2S/c24-19(17-13-26-20(23-17)15-4-2-1-3-5-15)22-16-8-6-14(7-9-16)18-12-21-10-11-25-18/h1-9,13,18,21H,10-12H2,(H,22,24)/t18-/m0/s1. The summed E-state index contributed by atoms with van der Waals surface area (Å²) in [4.78, 5) is 16.9. The van der Waals surface area contributed by atoms with Crippen LogP contribution in [0.4, 0.5) is 5.69 Å². The first-order valence-electron chi connectivity index (χ1n) is 8.54. The van der Waals surface area contributed by atoms with Crippen LogP contribution in [0.1, 0.15) is 22.2 Å². The van der Waals surface area contributed by atoms with Crippen molar-refractivity contribution in [3.8, 4) is 10.6 Å². The molecule has 0 spiro atoms. The highest BCUT2D eigenvalue weighted by Gasteiger charge is 2.16. The molecule has 1 amide bonds. The van der Waals surface area contributed by atoms with E-state index >= 15 is 0 Å². The number of thiazole rings is 1. The van der Waals surface area contributed by atoms with E-state index in [1.165, 1.54) is 11.3 Å². The second-order valence-corrected chi connectivity index (χ2v) is 6.90. The van der Waals surface area contributed by atoms with Crippen molar-refractivity contribution in [3.63, 3.8) is 0 Å². The van der Waals surface area contributed by atoms with Crippen LogP contribution in [0, 0.1) is 0 Å². The molecule has 0 bridgehead atoms. The largest absolute Gasteiger partial charge is 0.371 e. The van der Waals surface area contributed by atoms with Crippen LogP contribution in [-0.4, -0.2) is 30.6 Å². The summed E-state index contributed by atoms with van der Waals surface area (Å²) < 4.78 is 5.74. The summed E-state index contributed by atoms with van der Waals surface area (Å²) in [6, 6.07) is 17.6. The van der Waals surface area contributed by atoms with E-state index in [-0.39, 0.29) is 12.0 Å². The number of carbonyl (C=O) groups excluding carboxylic acids is 1. The summed E-state index contributed by atoms with van der Waals surface area (Å²) in [5.74, 6) is -0.202. The number of morpholine rings is 1. The van der Waals surface area contributed by atoms with E-state index in [0.29, 0.717) is 5.69 Å². The van der Waals surface area contributed by atoms with Gasteiger partial charge in [-0.05, 0) is 17.7 Å². The molecule has 2 aromatic carbocycles. The van der Waals surface area contributed by atoms with Crippen LogP contribution in [0.15, 0.2) is 60.0 Å². The number of nitrogens with zero attached hydrogens (tertiary/aromatic N) is 1. The van der Waals surface area contributed by atoms with Gasteiger partial charge in [-0.1, -0.05) is 42.5 Å². The number of aromatic nitrogens is 1. The Balaban J connectivity index is 1.42. The minimum absolute atomic E-state index is 0.0699. The number of rotatable bonds is 4. The molecule has 0 saturated carbocycles. The number of nitrogens with one attached hydrogen (secondary N) is 2. The van der Waals surface area contributed by atoms with Gasteiger partial charge in [0.15, 0.2) is 0 Å². The zero-order valence-corrected chi connectivity index (χ0v) is 15.0. The van der Waals surface area contributed by atoms with Crippen molar-refractivity contribution < 1.29 is 9.53 Å². The summed E-state index contributed by atoms with van der Waals surface area (Å²) in [6.07, 6.45) is 0.0699. The van der Waals surface area contributed by atoms with Crippen LogP contribution in [0.25, 0.3) is 10.6 Å². The lowest BCUT2D eigenvalue weighted by molar-refractivity contribution is 0.0277. The minimum atomic E-state index is -0.202. The number of amides is 1. The van der Waals surface area contributed by atoms with Crippen molar-refractivity contribution in [1.82, 2.24) is 10.3 Å². The van der Waals surface area contributed by atoms with E-state index in [4.69, 9.17) is 4.74 Å². The molecule has 26 heavy (non-hydrogen) atoms. The third-order valence-electron chi connectivity index (χ3n) is 4.23. The Hall–Kier alpha value is -2.54. The second kappa shape index (κ2) is 7.78. The van der Waals surface area contributed by atoms with Gasteiger partial charge in [-0.3, -0.25) is 4.79 Å². The molecule has 1 atom stereocenters. The Labute approximate surface area is 156 Å². The van der Waals surface area contributed by atoms with E-state index in [1.807, 2.05) is 54.6 Å². The predicted octanol–water partition coefficient (Wildman–Crippen LogP) is 3.72. The summed E-state index contributed by atoms with van der Waals surface area (Å²) in [6.45, 7) is 2.42. The van der Waals surface area contributed by atoms with Gasteiger partial charge in [0.2, 0.25) is 0 Å². The summed E-state index contributed by atoms with van der Waals surface area (Å²) >= 11 is 1.47. The van der Waals surface area contributed by atoms with Gasteiger partial charge in [-0.25, -0.2) is 4.98 Å². The van der Waals surface area contributed by atoms with Crippen LogP contribution >= 0.6 is 11.3 Å². The molecule has 0 radical (unpaired) electrons. The molecule has 5 nitrogen and oxygen atoms in total. The first-order valence-corrected chi connectivity index (χ1v) is 9.42. The van der Waals surface area contributed by atoms with Crippen LogP contribution in [0.3, 0.4) is 0 Å². The summed E-state index contributed by atoms with van der Waals surface area (Å²) in [7, 11) is 0. The maximum atomic E-state index is 12.4. The average Bonchev–Trinajstić information content (AvgIpc) is 3.20. The predicted molar refractivity (Wildman–Crippen MR) is 104 cm³/mol. The molecule has 6 heteroatoms. The Bertz CT molecular complexity index is 872. The number of hydrogen-bond donors (Lipinski definition) is 2. The molecule has 2 heterocycles. The van der Waals surface area contributed by atoms with Gasteiger partial charge in [0.05, 0.1) is 12.7 Å². The molecule has 132 valence electrons. The minimum Gasteiger partial charge on any atom is -0.371 e. The van der Waals surface area contributed by atoms with Crippen molar-refractivity contribution >= 4 is 22.9 Å². The van der Waals surface area contributed by atoms with Gasteiger partial charge in [0, 0.05) is 29.7 Å². The van der Waals surface area contributed by atoms with Crippen molar-refractivity contribution in [1.29, 1.82) is 0 Å². The molecule has 1 aromatic heterocycles. The molecule has 3 aromatic rings. The monoisotopic (exact) mass is 365 g/mol. The molecule has 1 saturated heterocycles. The summed E-state index contributed by atoms with van der Waals surface area (Å²) in [5.41, 5.74) is 3.30. The number of carbonyl (C=O) groups is 1. The zero-order chi connectivity index (χ0) is 17.8. The fourth-order valence-corrected chi connectivity index (χ4v) is 3.65. The van der Waals surface area contributed by atoms with Crippen LogP contribution in [0.2, 0.25) is 0 Å². The second-order valence-electron chi connectivity index (χ2n) is 6.04. The molecule has 1 aliphatic heterocycles. The number of ether oxygens (including phenoxy) is 1. The lowest BCUT2D eigenvalue weighted by Crippen LogP contribution is -2.33. The van der Waals surface area contributed by atoms with Gasteiger partial charge in [-0.2, -0.15) is 0 Å². The van der Waals surface area contributed by atoms with Gasteiger partial charge < -0.3 is 15.4 Å². The number of benzene rings is 2. The van der Waals surface area contributed by atoms with Crippen molar-refractivity contribution in [2.24, 2.45) is 0 Å². The zero-order valence-electron chi connectivity index (χ0n) is 14.1. The Morgan fingerprint density at radius 1 is 1.15 bits per heavy atom. The highest BCUT2D eigenvalue weighted by molar-refractivity contribution is 7.13. The first-order chi connectivity index (χ1) is 12.8.